The number of aromatic hydroxyl groups is 1. The molecule has 5 N–H and O–H groups in total. The number of anilines is 2. The van der Waals surface area contributed by atoms with Crippen LogP contribution in [0.2, 0.25) is 10.0 Å². The highest BCUT2D eigenvalue weighted by atomic mass is 35.5. The average molecular weight is 358 g/mol. The molecule has 23 heavy (non-hydrogen) atoms. The van der Waals surface area contributed by atoms with Crippen LogP contribution in [0.3, 0.4) is 0 Å². The molecular weight excluding hydrogens is 341 g/mol. The van der Waals surface area contributed by atoms with Gasteiger partial charge in [-0.3, -0.25) is 0 Å². The third kappa shape index (κ3) is 3.31. The van der Waals surface area contributed by atoms with Crippen LogP contribution in [0.4, 0.5) is 12.0 Å². The van der Waals surface area contributed by atoms with E-state index in [1.165, 1.54) is 6.07 Å². The van der Waals surface area contributed by atoms with Crippen LogP contribution < -0.4 is 16.4 Å². The van der Waals surface area contributed by atoms with Crippen molar-refractivity contribution in [1.82, 2.24) is 10.1 Å². The number of halogens is 2. The highest BCUT2D eigenvalue weighted by Gasteiger charge is 2.28. The zero-order valence-corrected chi connectivity index (χ0v) is 13.8. The average Bonchev–Trinajstić information content (AvgIpc) is 2.97. The molecule has 2 heterocycles. The van der Waals surface area contributed by atoms with Crippen molar-refractivity contribution in [3.8, 4) is 5.75 Å². The number of rotatable bonds is 3. The second kappa shape index (κ2) is 6.43. The minimum atomic E-state index is -0.317. The van der Waals surface area contributed by atoms with Crippen molar-refractivity contribution in [3.05, 3.63) is 27.7 Å². The SMILES string of the molecule is Nc1nc(N2CCC([C@@H](N)c3cc(Cl)c(Cl)cc3O)CC2)no1. The maximum Gasteiger partial charge on any atom is 0.320 e. The van der Waals surface area contributed by atoms with E-state index in [2.05, 4.69) is 10.1 Å². The Hall–Kier alpha value is -1.70. The van der Waals surface area contributed by atoms with Crippen molar-refractivity contribution in [2.24, 2.45) is 11.7 Å². The monoisotopic (exact) mass is 357 g/mol. The summed E-state index contributed by atoms with van der Waals surface area (Å²) in [6.45, 7) is 1.47. The van der Waals surface area contributed by atoms with E-state index in [1.54, 1.807) is 6.07 Å². The van der Waals surface area contributed by atoms with Crippen LogP contribution in [0.25, 0.3) is 0 Å². The molecule has 124 valence electrons. The Kier molecular flexibility index (Phi) is 4.52. The second-order valence-corrected chi connectivity index (χ2v) is 6.42. The molecule has 1 aromatic carbocycles. The molecule has 1 atom stereocenters. The Bertz CT molecular complexity index is 700. The van der Waals surface area contributed by atoms with E-state index in [-0.39, 0.29) is 23.7 Å². The summed E-state index contributed by atoms with van der Waals surface area (Å²) in [5.74, 6) is 0.769. The Balaban J connectivity index is 1.68. The zero-order chi connectivity index (χ0) is 16.6. The Labute approximate surface area is 143 Å². The van der Waals surface area contributed by atoms with Crippen LogP contribution in [-0.2, 0) is 0 Å². The van der Waals surface area contributed by atoms with Gasteiger partial charge in [0.2, 0.25) is 0 Å². The number of hydrogen-bond acceptors (Lipinski definition) is 7. The van der Waals surface area contributed by atoms with Crippen molar-refractivity contribution in [2.75, 3.05) is 23.7 Å². The molecule has 0 spiro atoms. The smallest absolute Gasteiger partial charge is 0.320 e. The van der Waals surface area contributed by atoms with Crippen molar-refractivity contribution in [2.45, 2.75) is 18.9 Å². The number of phenolic OH excluding ortho intramolecular Hbond substituents is 1. The normalized spacial score (nSPS) is 17.4. The summed E-state index contributed by atoms with van der Waals surface area (Å²) in [6, 6.07) is 2.80. The molecule has 0 bridgehead atoms. The molecule has 0 unspecified atom stereocenters. The lowest BCUT2D eigenvalue weighted by Crippen LogP contribution is -2.38. The number of hydrogen-bond donors (Lipinski definition) is 3. The van der Waals surface area contributed by atoms with Crippen LogP contribution in [0.5, 0.6) is 5.75 Å². The Morgan fingerprint density at radius 3 is 2.52 bits per heavy atom. The molecule has 0 saturated carbocycles. The van der Waals surface area contributed by atoms with Crippen LogP contribution in [0, 0.1) is 5.92 Å². The molecule has 0 radical (unpaired) electrons. The van der Waals surface area contributed by atoms with Crippen molar-refractivity contribution >= 4 is 35.2 Å². The summed E-state index contributed by atoms with van der Waals surface area (Å²) < 4.78 is 4.79. The molecule has 1 aliphatic heterocycles. The first-order chi connectivity index (χ1) is 11.0. The number of phenols is 1. The Morgan fingerprint density at radius 1 is 1.26 bits per heavy atom. The predicted octanol–water partition coefficient (Wildman–Crippen LogP) is 2.58. The molecule has 1 aromatic heterocycles. The van der Waals surface area contributed by atoms with Crippen LogP contribution in [0.1, 0.15) is 24.4 Å². The fourth-order valence-corrected chi connectivity index (χ4v) is 3.22. The number of benzene rings is 1. The van der Waals surface area contributed by atoms with E-state index in [1.807, 2.05) is 4.90 Å². The van der Waals surface area contributed by atoms with Crippen molar-refractivity contribution in [1.29, 1.82) is 0 Å². The third-order valence-electron chi connectivity index (χ3n) is 4.19. The van der Waals surface area contributed by atoms with E-state index < -0.39 is 0 Å². The van der Waals surface area contributed by atoms with Gasteiger partial charge in [-0.25, -0.2) is 0 Å². The van der Waals surface area contributed by atoms with E-state index in [0.717, 1.165) is 25.9 Å². The maximum atomic E-state index is 10.1. The molecule has 9 heteroatoms. The van der Waals surface area contributed by atoms with Gasteiger partial charge < -0.3 is 26.0 Å². The first-order valence-corrected chi connectivity index (χ1v) is 7.99. The molecule has 7 nitrogen and oxygen atoms in total. The van der Waals surface area contributed by atoms with Crippen LogP contribution in [0.15, 0.2) is 16.7 Å². The standard InChI is InChI=1S/C14H17Cl2N5O2/c15-9-5-8(11(22)6-10(9)16)12(17)7-1-3-21(4-2-7)14-19-13(18)23-20-14/h5-7,12,22H,1-4,17H2,(H2,18,19,20)/t12-/m1/s1. The van der Waals surface area contributed by atoms with Crippen molar-refractivity contribution in [3.63, 3.8) is 0 Å². The molecule has 1 fully saturated rings. The fraction of sp³-hybridized carbons (Fsp3) is 0.429. The van der Waals surface area contributed by atoms with E-state index in [0.29, 0.717) is 21.6 Å². The van der Waals surface area contributed by atoms with Gasteiger partial charge in [-0.15, -0.1) is 0 Å². The van der Waals surface area contributed by atoms with Gasteiger partial charge in [-0.2, -0.15) is 4.98 Å². The highest BCUT2D eigenvalue weighted by molar-refractivity contribution is 6.42. The van der Waals surface area contributed by atoms with Gasteiger partial charge in [0.15, 0.2) is 0 Å². The molecule has 0 aliphatic carbocycles. The topological polar surface area (TPSA) is 114 Å². The fourth-order valence-electron chi connectivity index (χ4n) is 2.89. The van der Waals surface area contributed by atoms with Crippen LogP contribution >= 0.6 is 23.2 Å². The van der Waals surface area contributed by atoms with Gasteiger partial charge in [-0.1, -0.05) is 23.2 Å². The second-order valence-electron chi connectivity index (χ2n) is 5.61. The van der Waals surface area contributed by atoms with E-state index in [4.69, 9.17) is 39.2 Å². The lowest BCUT2D eigenvalue weighted by molar-refractivity contribution is 0.333. The minimum Gasteiger partial charge on any atom is -0.508 e. The summed E-state index contributed by atoms with van der Waals surface area (Å²) in [5, 5.41) is 14.6. The first-order valence-electron chi connectivity index (χ1n) is 7.23. The van der Waals surface area contributed by atoms with Gasteiger partial charge in [-0.05, 0) is 30.0 Å². The van der Waals surface area contributed by atoms with Gasteiger partial charge >= 0.3 is 6.01 Å². The lowest BCUT2D eigenvalue weighted by atomic mass is 9.85. The zero-order valence-electron chi connectivity index (χ0n) is 12.2. The summed E-state index contributed by atoms with van der Waals surface area (Å²) in [4.78, 5) is 6.02. The van der Waals surface area contributed by atoms with Gasteiger partial charge in [0.25, 0.3) is 5.95 Å². The van der Waals surface area contributed by atoms with Gasteiger partial charge in [0, 0.05) is 30.8 Å². The molecule has 1 aliphatic rings. The molecule has 1 saturated heterocycles. The van der Waals surface area contributed by atoms with Crippen LogP contribution in [-0.4, -0.2) is 28.3 Å². The molecular formula is C14H17Cl2N5O2. The maximum absolute atomic E-state index is 10.1. The number of aromatic nitrogens is 2. The molecule has 0 amide bonds. The lowest BCUT2D eigenvalue weighted by Gasteiger charge is -2.34. The predicted molar refractivity (Wildman–Crippen MR) is 88.7 cm³/mol. The first kappa shape index (κ1) is 16.2. The summed E-state index contributed by atoms with van der Waals surface area (Å²) in [6.07, 6.45) is 1.66. The number of nitrogens with zero attached hydrogens (tertiary/aromatic N) is 3. The largest absolute Gasteiger partial charge is 0.508 e. The van der Waals surface area contributed by atoms with E-state index in [9.17, 15) is 5.11 Å². The highest BCUT2D eigenvalue weighted by Crippen LogP contribution is 2.38. The number of piperidine rings is 1. The third-order valence-corrected chi connectivity index (χ3v) is 4.91. The number of nitrogen functional groups attached to an aromatic ring is 1. The van der Waals surface area contributed by atoms with E-state index >= 15 is 0 Å². The summed E-state index contributed by atoms with van der Waals surface area (Å²) >= 11 is 11.9. The summed E-state index contributed by atoms with van der Waals surface area (Å²) in [7, 11) is 0. The molecule has 3 rings (SSSR count). The number of nitrogens with two attached hydrogens (primary N) is 2. The van der Waals surface area contributed by atoms with Gasteiger partial charge in [0.1, 0.15) is 5.75 Å². The van der Waals surface area contributed by atoms with Gasteiger partial charge in [0.05, 0.1) is 10.0 Å². The quantitative estimate of drug-likeness (QED) is 0.772. The Morgan fingerprint density at radius 2 is 1.91 bits per heavy atom. The van der Waals surface area contributed by atoms with Crippen molar-refractivity contribution < 1.29 is 9.63 Å². The minimum absolute atomic E-state index is 0.0551. The summed E-state index contributed by atoms with van der Waals surface area (Å²) in [5.41, 5.74) is 12.4. The molecule has 2 aromatic rings.